The van der Waals surface area contributed by atoms with Crippen molar-refractivity contribution in [3.05, 3.63) is 72.3 Å². The molecule has 1 spiro atoms. The van der Waals surface area contributed by atoms with Crippen molar-refractivity contribution < 1.29 is 29.0 Å². The fourth-order valence-corrected chi connectivity index (χ4v) is 9.59. The number of amides is 3. The highest BCUT2D eigenvalue weighted by molar-refractivity contribution is 6.06. The lowest BCUT2D eigenvalue weighted by atomic mass is 9.93. The van der Waals surface area contributed by atoms with Crippen LogP contribution in [0.5, 0.6) is 5.75 Å². The van der Waals surface area contributed by atoms with Crippen LogP contribution in [0.25, 0.3) is 10.8 Å². The molecule has 2 N–H and O–H groups in total. The number of aliphatic hydroxyl groups excluding tert-OH is 1. The zero-order valence-electron chi connectivity index (χ0n) is 28.2. The molecule has 3 aromatic carbocycles. The predicted octanol–water partition coefficient (Wildman–Crippen LogP) is 3.04. The zero-order valence-corrected chi connectivity index (χ0v) is 28.2. The summed E-state index contributed by atoms with van der Waals surface area (Å²) in [5.74, 6) is 1.29. The Kier molecular flexibility index (Phi) is 7.70. The fourth-order valence-electron chi connectivity index (χ4n) is 9.59. The maximum absolute atomic E-state index is 13.4. The van der Waals surface area contributed by atoms with E-state index in [1.165, 1.54) is 21.2 Å². The standard InChI is InChI=1S/C28H34N4O6.C11H10/c1-14(26(36)31-9-7-30(8-10-31)18-5-3-4-6-20(18)38-2)29-25(35)19-11-15(33)13-32(19)27(37)23-22-17-12-16-21(24(16)34)28(17,22)23;1-9-6-7-10-4-2-3-5-11(10)8-9/h3-6,14-17,19,21-23,33H,7-13H2,1-2H3,(H,29,35);2-8H,1H3/t14-,15+,16?,17?,19-,21?,22?,23?,28?;/m0./s1. The second-order valence-electron chi connectivity index (χ2n) is 14.8. The Balaban J connectivity index is 0.000000269. The number of hydrogen-bond acceptors (Lipinski definition) is 7. The topological polar surface area (TPSA) is 119 Å². The van der Waals surface area contributed by atoms with Gasteiger partial charge in [-0.25, -0.2) is 0 Å². The molecule has 2 heterocycles. The molecule has 2 saturated heterocycles. The minimum Gasteiger partial charge on any atom is -0.495 e. The Hall–Kier alpha value is -4.44. The lowest BCUT2D eigenvalue weighted by Crippen LogP contribution is -2.56. The molecule has 10 heteroatoms. The lowest BCUT2D eigenvalue weighted by Gasteiger charge is -2.37. The van der Waals surface area contributed by atoms with Crippen LogP contribution in [-0.4, -0.2) is 96.4 Å². The smallest absolute Gasteiger partial charge is 0.244 e. The summed E-state index contributed by atoms with van der Waals surface area (Å²) in [5, 5.41) is 15.8. The van der Waals surface area contributed by atoms with Gasteiger partial charge in [0.25, 0.3) is 0 Å². The van der Waals surface area contributed by atoms with Gasteiger partial charge in [0.1, 0.15) is 23.6 Å². The Labute approximate surface area is 286 Å². The van der Waals surface area contributed by atoms with E-state index in [0.717, 1.165) is 17.9 Å². The molecule has 0 aromatic heterocycles. The van der Waals surface area contributed by atoms with E-state index >= 15 is 0 Å². The van der Waals surface area contributed by atoms with E-state index in [9.17, 15) is 24.3 Å². The molecule has 0 radical (unpaired) electrons. The van der Waals surface area contributed by atoms with Crippen molar-refractivity contribution in [3.63, 3.8) is 0 Å². The van der Waals surface area contributed by atoms with Crippen molar-refractivity contribution >= 4 is 40.0 Å². The molecule has 4 saturated carbocycles. The molecule has 6 aliphatic rings. The van der Waals surface area contributed by atoms with E-state index in [1.54, 1.807) is 18.9 Å². The molecule has 0 bridgehead atoms. The molecule has 9 rings (SSSR count). The largest absolute Gasteiger partial charge is 0.495 e. The number of aliphatic hydroxyl groups is 1. The van der Waals surface area contributed by atoms with Crippen LogP contribution in [-0.2, 0) is 19.2 Å². The number of para-hydroxylation sites is 2. The molecule has 10 nitrogen and oxygen atoms in total. The highest BCUT2D eigenvalue weighted by Gasteiger charge is 2.99. The van der Waals surface area contributed by atoms with Gasteiger partial charge >= 0.3 is 0 Å². The number of rotatable bonds is 6. The van der Waals surface area contributed by atoms with E-state index in [-0.39, 0.29) is 47.9 Å². The maximum atomic E-state index is 13.4. The Bertz CT molecular complexity index is 1840. The third-order valence-electron chi connectivity index (χ3n) is 12.1. The molecule has 6 unspecified atom stereocenters. The number of ether oxygens (including phenoxy) is 1. The van der Waals surface area contributed by atoms with Gasteiger partial charge in [-0.1, -0.05) is 60.2 Å². The number of ketones is 1. The van der Waals surface area contributed by atoms with E-state index in [2.05, 4.69) is 59.6 Å². The van der Waals surface area contributed by atoms with Crippen LogP contribution in [0.1, 0.15) is 25.3 Å². The van der Waals surface area contributed by atoms with Crippen molar-refractivity contribution in [1.82, 2.24) is 15.1 Å². The van der Waals surface area contributed by atoms with Gasteiger partial charge in [-0.15, -0.1) is 0 Å². The van der Waals surface area contributed by atoms with Gasteiger partial charge in [-0.05, 0) is 60.4 Å². The summed E-state index contributed by atoms with van der Waals surface area (Å²) in [6.07, 6.45) is 0.317. The summed E-state index contributed by atoms with van der Waals surface area (Å²) in [6.45, 7) is 6.26. The second-order valence-corrected chi connectivity index (χ2v) is 14.8. The molecule has 3 aromatic rings. The first kappa shape index (κ1) is 31.8. The van der Waals surface area contributed by atoms with Crippen LogP contribution < -0.4 is 15.0 Å². The summed E-state index contributed by atoms with van der Waals surface area (Å²) >= 11 is 0. The molecule has 49 heavy (non-hydrogen) atoms. The maximum Gasteiger partial charge on any atom is 0.244 e. The first-order chi connectivity index (χ1) is 23.6. The highest BCUT2D eigenvalue weighted by Crippen LogP contribution is 2.96. The van der Waals surface area contributed by atoms with Crippen LogP contribution in [0, 0.1) is 41.9 Å². The number of carbonyl (C=O) groups excluding carboxylic acids is 4. The number of benzene rings is 3. The van der Waals surface area contributed by atoms with Crippen LogP contribution >= 0.6 is 0 Å². The van der Waals surface area contributed by atoms with Crippen molar-refractivity contribution in [2.45, 2.75) is 44.9 Å². The summed E-state index contributed by atoms with van der Waals surface area (Å²) in [6, 6.07) is 21.2. The van der Waals surface area contributed by atoms with Crippen molar-refractivity contribution in [2.75, 3.05) is 44.7 Å². The van der Waals surface area contributed by atoms with Gasteiger partial charge in [-0.3, -0.25) is 19.2 Å². The van der Waals surface area contributed by atoms with E-state index in [0.29, 0.717) is 43.8 Å². The Morgan fingerprint density at radius 1 is 0.959 bits per heavy atom. The normalized spacial score (nSPS) is 32.3. The number of hydrogen-bond donors (Lipinski definition) is 2. The summed E-state index contributed by atoms with van der Waals surface area (Å²) < 4.78 is 5.47. The van der Waals surface area contributed by atoms with Crippen LogP contribution in [0.2, 0.25) is 0 Å². The van der Waals surface area contributed by atoms with Gasteiger partial charge in [-0.2, -0.15) is 0 Å². The number of carbonyl (C=O) groups is 4. The molecule has 6 fully saturated rings. The van der Waals surface area contributed by atoms with Gasteiger partial charge in [0, 0.05) is 56.9 Å². The molecule has 2 aliphatic heterocycles. The number of Topliss-reactive ketones (excluding diaryl/α,β-unsaturated/α-hetero) is 1. The Morgan fingerprint density at radius 2 is 1.67 bits per heavy atom. The fraction of sp³-hybridized carbons (Fsp3) is 0.487. The third kappa shape index (κ3) is 5.18. The van der Waals surface area contributed by atoms with Crippen LogP contribution in [0.15, 0.2) is 66.7 Å². The quantitative estimate of drug-likeness (QED) is 0.416. The summed E-state index contributed by atoms with van der Waals surface area (Å²) in [7, 11) is 1.64. The summed E-state index contributed by atoms with van der Waals surface area (Å²) in [5.41, 5.74) is 2.19. The van der Waals surface area contributed by atoms with E-state index in [1.807, 2.05) is 24.3 Å². The molecule has 3 amide bonds. The van der Waals surface area contributed by atoms with Gasteiger partial charge in [0.15, 0.2) is 0 Å². The number of piperazine rings is 1. The zero-order chi connectivity index (χ0) is 34.2. The van der Waals surface area contributed by atoms with Crippen LogP contribution in [0.4, 0.5) is 5.69 Å². The summed E-state index contributed by atoms with van der Waals surface area (Å²) in [4.78, 5) is 57.3. The number of fused-ring (bicyclic) bond motifs is 3. The lowest BCUT2D eigenvalue weighted by molar-refractivity contribution is -0.143. The SMILES string of the molecule is COc1ccccc1N1CCN(C(=O)[C@H](C)NC(=O)[C@@H]2C[C@@H](O)CN2C(=O)C2C3C4CC5C(=O)C5C423)CC1.Cc1ccc2ccccc2c1. The second kappa shape index (κ2) is 11.9. The van der Waals surface area contributed by atoms with Crippen molar-refractivity contribution in [3.8, 4) is 5.75 Å². The average Bonchev–Trinajstić information content (AvgIpc) is 4.02. The van der Waals surface area contributed by atoms with Crippen LogP contribution in [0.3, 0.4) is 0 Å². The Morgan fingerprint density at radius 3 is 2.43 bits per heavy atom. The van der Waals surface area contributed by atoms with Gasteiger partial charge < -0.3 is 29.9 Å². The third-order valence-corrected chi connectivity index (χ3v) is 12.1. The number of aryl methyl sites for hydroxylation is 1. The first-order valence-electron chi connectivity index (χ1n) is 17.6. The van der Waals surface area contributed by atoms with Gasteiger partial charge in [0.2, 0.25) is 17.7 Å². The van der Waals surface area contributed by atoms with E-state index in [4.69, 9.17) is 4.74 Å². The minimum atomic E-state index is -0.794. The minimum absolute atomic E-state index is 0.0624. The number of nitrogens with zero attached hydrogens (tertiary/aromatic N) is 3. The number of likely N-dealkylation sites (tertiary alicyclic amines) is 1. The highest BCUT2D eigenvalue weighted by atomic mass is 16.5. The number of β-amino-alcohol motifs (C(OH)–C–C–N with tert-alkyl or cyclic N) is 1. The van der Waals surface area contributed by atoms with Crippen molar-refractivity contribution in [2.24, 2.45) is 35.0 Å². The average molecular weight is 665 g/mol. The molecular weight excluding hydrogens is 620 g/mol. The predicted molar refractivity (Wildman–Crippen MR) is 184 cm³/mol. The molecule has 4 aliphatic carbocycles. The van der Waals surface area contributed by atoms with E-state index < -0.39 is 24.1 Å². The molecular formula is C39H44N4O6. The first-order valence-corrected chi connectivity index (χ1v) is 17.6. The number of nitrogens with one attached hydrogen (secondary N) is 1. The molecule has 256 valence electrons. The van der Waals surface area contributed by atoms with Gasteiger partial charge in [0.05, 0.1) is 18.9 Å². The number of methoxy groups -OCH3 is 1. The molecule has 9 atom stereocenters. The number of anilines is 1. The van der Waals surface area contributed by atoms with Crippen molar-refractivity contribution in [1.29, 1.82) is 0 Å². The monoisotopic (exact) mass is 664 g/mol.